The summed E-state index contributed by atoms with van der Waals surface area (Å²) in [4.78, 5) is 0. The minimum atomic E-state index is -3.10. The molecule has 0 aromatic carbocycles. The monoisotopic (exact) mass is 480 g/mol. The molecule has 0 aliphatic heterocycles. The highest BCUT2D eigenvalue weighted by atomic mass is 127. The van der Waals surface area contributed by atoms with E-state index < -0.39 is 20.3 Å². The average Bonchev–Trinajstić information content (AvgIpc) is 2.48. The third kappa shape index (κ3) is 5.45. The number of halogens is 1. The first-order chi connectivity index (χ1) is 10.9. The summed E-state index contributed by atoms with van der Waals surface area (Å²) in [6, 6.07) is 0. The van der Waals surface area contributed by atoms with Crippen LogP contribution in [0.5, 0.6) is 0 Å². The average molecular weight is 480 g/mol. The van der Waals surface area contributed by atoms with Gasteiger partial charge in [-0.05, 0) is 48.5 Å². The number of alkyl halides is 1. The van der Waals surface area contributed by atoms with E-state index in [2.05, 4.69) is 22.6 Å². The van der Waals surface area contributed by atoms with Crippen LogP contribution in [0.15, 0.2) is 0 Å². The van der Waals surface area contributed by atoms with Gasteiger partial charge in [0.25, 0.3) is 0 Å². The Morgan fingerprint density at radius 3 is 0.870 bits per heavy atom. The van der Waals surface area contributed by atoms with Crippen LogP contribution in [0.3, 0.4) is 0 Å². The van der Waals surface area contributed by atoms with Crippen LogP contribution in [0, 0.1) is 0 Å². The van der Waals surface area contributed by atoms with Crippen molar-refractivity contribution in [2.45, 2.75) is 51.1 Å². The van der Waals surface area contributed by atoms with Crippen molar-refractivity contribution in [1.29, 1.82) is 0 Å². The standard InChI is InChI=1S/C14H33IO6Si2/c1-8-16-22(17-9-2,18-10-3)14(7,15)23(19-11-4,20-12-5)21-13-6/h8-13H2,1-7H3. The Hall–Kier alpha value is 0.924. The Bertz CT molecular complexity index is 258. The van der Waals surface area contributed by atoms with Gasteiger partial charge < -0.3 is 26.6 Å². The lowest BCUT2D eigenvalue weighted by atomic mass is 10.9. The predicted octanol–water partition coefficient (Wildman–Crippen LogP) is 3.36. The molecule has 0 aliphatic rings. The van der Waals surface area contributed by atoms with E-state index in [1.807, 2.05) is 48.5 Å². The number of hydrogen-bond acceptors (Lipinski definition) is 6. The van der Waals surface area contributed by atoms with Gasteiger partial charge in [0, 0.05) is 39.6 Å². The molecule has 0 unspecified atom stereocenters. The van der Waals surface area contributed by atoms with Crippen molar-refractivity contribution in [3.63, 3.8) is 0 Å². The van der Waals surface area contributed by atoms with Crippen molar-refractivity contribution in [1.82, 2.24) is 0 Å². The molecule has 0 heterocycles. The molecule has 23 heavy (non-hydrogen) atoms. The molecule has 0 spiro atoms. The summed E-state index contributed by atoms with van der Waals surface area (Å²) in [5, 5.41) is 0. The molecule has 0 amide bonds. The zero-order valence-electron chi connectivity index (χ0n) is 15.6. The lowest BCUT2D eigenvalue weighted by Gasteiger charge is -2.46. The minimum absolute atomic E-state index is 0.500. The third-order valence-electron chi connectivity index (χ3n) is 3.16. The van der Waals surface area contributed by atoms with Crippen molar-refractivity contribution < 1.29 is 26.6 Å². The summed E-state index contributed by atoms with van der Waals surface area (Å²) in [6.45, 7) is 16.7. The fourth-order valence-corrected chi connectivity index (χ4v) is 12.4. The maximum atomic E-state index is 6.10. The van der Waals surface area contributed by atoms with Crippen LogP contribution in [-0.2, 0) is 26.6 Å². The predicted molar refractivity (Wildman–Crippen MR) is 104 cm³/mol. The quantitative estimate of drug-likeness (QED) is 0.216. The first kappa shape index (κ1) is 23.9. The van der Waals surface area contributed by atoms with Crippen LogP contribution in [0.4, 0.5) is 0 Å². The molecule has 9 heteroatoms. The minimum Gasteiger partial charge on any atom is -0.373 e. The maximum absolute atomic E-state index is 6.10. The smallest absolute Gasteiger partial charge is 0.373 e. The lowest BCUT2D eigenvalue weighted by molar-refractivity contribution is 0.0337. The highest BCUT2D eigenvalue weighted by molar-refractivity contribution is 14.1. The first-order valence-corrected chi connectivity index (χ1v) is 12.9. The molecule has 0 bridgehead atoms. The van der Waals surface area contributed by atoms with Gasteiger partial charge in [0.05, 0.1) is 0 Å². The second-order valence-electron chi connectivity index (χ2n) is 4.71. The van der Waals surface area contributed by atoms with Crippen LogP contribution in [0.2, 0.25) is 0 Å². The molecule has 0 saturated carbocycles. The van der Waals surface area contributed by atoms with Crippen LogP contribution in [-0.4, -0.2) is 59.9 Å². The summed E-state index contributed by atoms with van der Waals surface area (Å²) in [7, 11) is -6.19. The van der Waals surface area contributed by atoms with E-state index in [9.17, 15) is 0 Å². The van der Waals surface area contributed by atoms with Gasteiger partial charge in [0.2, 0.25) is 0 Å². The molecule has 6 nitrogen and oxygen atoms in total. The second-order valence-corrected chi connectivity index (χ2v) is 15.4. The van der Waals surface area contributed by atoms with Gasteiger partial charge in [-0.2, -0.15) is 0 Å². The van der Waals surface area contributed by atoms with Crippen molar-refractivity contribution >= 4 is 40.2 Å². The Labute approximate surface area is 157 Å². The Balaban J connectivity index is 6.05. The van der Waals surface area contributed by atoms with Gasteiger partial charge in [-0.15, -0.1) is 0 Å². The largest absolute Gasteiger partial charge is 0.522 e. The summed E-state index contributed by atoms with van der Waals surface area (Å²) < 4.78 is 36.0. The normalized spacial score (nSPS) is 13.6. The van der Waals surface area contributed by atoms with E-state index in [0.29, 0.717) is 39.6 Å². The highest BCUT2D eigenvalue weighted by Crippen LogP contribution is 2.42. The van der Waals surface area contributed by atoms with Gasteiger partial charge in [0.15, 0.2) is 2.67 Å². The van der Waals surface area contributed by atoms with E-state index in [1.54, 1.807) is 0 Å². The van der Waals surface area contributed by atoms with Gasteiger partial charge >= 0.3 is 17.6 Å². The van der Waals surface area contributed by atoms with E-state index >= 15 is 0 Å². The molecule has 0 saturated heterocycles. The first-order valence-electron chi connectivity index (χ1n) is 8.39. The van der Waals surface area contributed by atoms with E-state index in [4.69, 9.17) is 26.6 Å². The number of rotatable bonds is 14. The van der Waals surface area contributed by atoms with Gasteiger partial charge in [-0.1, -0.05) is 22.6 Å². The van der Waals surface area contributed by atoms with Crippen LogP contribution in [0.1, 0.15) is 48.5 Å². The summed E-state index contributed by atoms with van der Waals surface area (Å²) in [6.07, 6.45) is 0. The summed E-state index contributed by atoms with van der Waals surface area (Å²) >= 11 is 2.32. The van der Waals surface area contributed by atoms with Crippen molar-refractivity contribution in [2.75, 3.05) is 39.6 Å². The summed E-state index contributed by atoms with van der Waals surface area (Å²) in [5.41, 5.74) is 0. The zero-order valence-corrected chi connectivity index (χ0v) is 19.7. The van der Waals surface area contributed by atoms with Crippen LogP contribution in [0.25, 0.3) is 0 Å². The number of hydrogen-bond donors (Lipinski definition) is 0. The van der Waals surface area contributed by atoms with Crippen molar-refractivity contribution in [3.05, 3.63) is 0 Å². The molecular formula is C14H33IO6Si2. The molecule has 0 atom stereocenters. The maximum Gasteiger partial charge on any atom is 0.522 e. The summed E-state index contributed by atoms with van der Waals surface area (Å²) in [5.74, 6) is 0. The zero-order chi connectivity index (χ0) is 18.0. The second kappa shape index (κ2) is 11.5. The molecule has 0 radical (unpaired) electrons. The molecule has 0 rings (SSSR count). The Morgan fingerprint density at radius 2 is 0.739 bits per heavy atom. The van der Waals surface area contributed by atoms with Crippen LogP contribution >= 0.6 is 22.6 Å². The molecule has 0 N–H and O–H groups in total. The fraction of sp³-hybridized carbons (Fsp3) is 1.00. The van der Waals surface area contributed by atoms with Crippen LogP contribution < -0.4 is 0 Å². The molecule has 0 fully saturated rings. The molecule has 0 aliphatic carbocycles. The topological polar surface area (TPSA) is 55.4 Å². The van der Waals surface area contributed by atoms with Crippen molar-refractivity contribution in [3.8, 4) is 0 Å². The Morgan fingerprint density at radius 1 is 0.565 bits per heavy atom. The molecule has 140 valence electrons. The fourth-order valence-electron chi connectivity index (χ4n) is 2.39. The van der Waals surface area contributed by atoms with Gasteiger partial charge in [-0.3, -0.25) is 0 Å². The van der Waals surface area contributed by atoms with Gasteiger partial charge in [-0.25, -0.2) is 0 Å². The van der Waals surface area contributed by atoms with E-state index in [0.717, 1.165) is 0 Å². The lowest BCUT2D eigenvalue weighted by Crippen LogP contribution is -2.76. The molecule has 0 aromatic rings. The van der Waals surface area contributed by atoms with E-state index in [-0.39, 0.29) is 0 Å². The Kier molecular flexibility index (Phi) is 12.0. The van der Waals surface area contributed by atoms with E-state index in [1.165, 1.54) is 0 Å². The third-order valence-corrected chi connectivity index (χ3v) is 15.3. The molecular weight excluding hydrogens is 447 g/mol. The van der Waals surface area contributed by atoms with Gasteiger partial charge in [0.1, 0.15) is 0 Å². The molecule has 0 aromatic heterocycles. The van der Waals surface area contributed by atoms with Crippen molar-refractivity contribution in [2.24, 2.45) is 0 Å². The SMILES string of the molecule is CCO[Si](OCC)(OCC)C(C)(I)[Si](OCC)(OCC)OCC. The highest BCUT2D eigenvalue weighted by Gasteiger charge is 2.74.